The number of fused-ring (bicyclic) bond motifs is 2. The molecule has 0 aliphatic rings. The first-order chi connectivity index (χ1) is 21.9. The minimum atomic E-state index is -4.63. The topological polar surface area (TPSA) is 213 Å². The summed E-state index contributed by atoms with van der Waals surface area (Å²) in [5.74, 6) is 0. The number of anilines is 2. The number of benzene rings is 6. The number of azo groups is 2. The number of hydrogen-bond donors (Lipinski definition) is 3. The van der Waals surface area contributed by atoms with Crippen molar-refractivity contribution < 1.29 is 31.6 Å². The molecule has 0 aliphatic carbocycles. The van der Waals surface area contributed by atoms with Gasteiger partial charge in [-0.25, -0.2) is 8.42 Å². The molecule has 6 rings (SSSR count). The van der Waals surface area contributed by atoms with Gasteiger partial charge in [-0.05, 0) is 83.9 Å². The van der Waals surface area contributed by atoms with Gasteiger partial charge in [0.2, 0.25) is 0 Å². The highest BCUT2D eigenvalue weighted by atomic mass is 32.2. The lowest BCUT2D eigenvalue weighted by Crippen LogP contribution is -1.98. The first kappa shape index (κ1) is 30.5. The summed E-state index contributed by atoms with van der Waals surface area (Å²) in [4.78, 5) is -0.637. The maximum Gasteiger partial charge on any atom is 0.294 e. The second-order valence-electron chi connectivity index (χ2n) is 10.2. The largest absolute Gasteiger partial charge is 0.744 e. The third-order valence-electron chi connectivity index (χ3n) is 7.20. The van der Waals surface area contributed by atoms with Crippen molar-refractivity contribution >= 4 is 75.9 Å². The molecule has 0 aliphatic heterocycles. The molecule has 0 heterocycles. The van der Waals surface area contributed by atoms with E-state index in [1.54, 1.807) is 48.5 Å². The molecule has 0 bridgehead atoms. The fourth-order valence-corrected chi connectivity index (χ4v) is 5.83. The van der Waals surface area contributed by atoms with Crippen molar-refractivity contribution in [1.29, 1.82) is 0 Å². The van der Waals surface area contributed by atoms with Crippen LogP contribution in [0.3, 0.4) is 0 Å². The van der Waals surface area contributed by atoms with E-state index in [4.69, 9.17) is 11.5 Å². The zero-order chi connectivity index (χ0) is 32.6. The normalized spacial score (nSPS) is 12.5. The summed E-state index contributed by atoms with van der Waals surface area (Å²) in [7, 11) is -9.02. The monoisotopic (exact) mass is 659 g/mol. The van der Waals surface area contributed by atoms with Crippen LogP contribution in [0.15, 0.2) is 139 Å². The maximum absolute atomic E-state index is 11.5. The predicted octanol–water partition coefficient (Wildman–Crippen LogP) is 8.79. The third kappa shape index (κ3) is 6.31. The lowest BCUT2D eigenvalue weighted by molar-refractivity contribution is 0.463. The summed E-state index contributed by atoms with van der Waals surface area (Å²) < 4.78 is 66.7. The maximum atomic E-state index is 11.5. The first-order valence-corrected chi connectivity index (χ1v) is 16.3. The van der Waals surface area contributed by atoms with Gasteiger partial charge in [0.05, 0.1) is 32.5 Å². The molecule has 0 amide bonds. The molecule has 0 saturated heterocycles. The van der Waals surface area contributed by atoms with Crippen molar-refractivity contribution in [2.75, 3.05) is 11.5 Å². The molecule has 0 radical (unpaired) electrons. The number of rotatable bonds is 7. The zero-order valence-electron chi connectivity index (χ0n) is 23.6. The number of nitrogen functional groups attached to an aromatic ring is 2. The van der Waals surface area contributed by atoms with Crippen molar-refractivity contribution in [1.82, 2.24) is 0 Å². The van der Waals surface area contributed by atoms with E-state index >= 15 is 0 Å². The second-order valence-corrected chi connectivity index (χ2v) is 13.0. The van der Waals surface area contributed by atoms with E-state index in [0.29, 0.717) is 55.7 Å². The van der Waals surface area contributed by atoms with Gasteiger partial charge in [0.1, 0.15) is 10.1 Å². The molecule has 6 aromatic rings. The smallest absolute Gasteiger partial charge is 0.294 e. The second kappa shape index (κ2) is 11.8. The van der Waals surface area contributed by atoms with Crippen LogP contribution in [0.1, 0.15) is 5.71 Å². The Kier molecular flexibility index (Phi) is 7.79. The molecular formula is C32H31N6O6S2-. The van der Waals surface area contributed by atoms with E-state index in [-0.39, 0.29) is 15.5 Å². The molecule has 238 valence electrons. The Labute approximate surface area is 269 Å². The molecule has 12 nitrogen and oxygen atoms in total. The number of nitrogens with zero attached hydrogens (tertiary/aromatic N) is 4. The Morgan fingerprint density at radius 2 is 0.935 bits per heavy atom. The fraction of sp³-hybridized carbons (Fsp3) is 0. The molecule has 0 aromatic heterocycles. The summed E-state index contributed by atoms with van der Waals surface area (Å²) in [5.41, 5.74) is 16.6. The van der Waals surface area contributed by atoms with Gasteiger partial charge < -0.3 is 16.0 Å². The van der Waals surface area contributed by atoms with Crippen molar-refractivity contribution in [3.8, 4) is 11.1 Å². The van der Waals surface area contributed by atoms with Crippen molar-refractivity contribution in [2.45, 2.75) is 9.79 Å². The van der Waals surface area contributed by atoms with E-state index in [9.17, 15) is 25.9 Å². The lowest BCUT2D eigenvalue weighted by atomic mass is 10.1. The summed E-state index contributed by atoms with van der Waals surface area (Å²) >= 11 is 0. The molecule has 14 heteroatoms. The van der Waals surface area contributed by atoms with E-state index in [2.05, 4.69) is 20.5 Å². The van der Waals surface area contributed by atoms with Crippen LogP contribution < -0.4 is 11.5 Å². The van der Waals surface area contributed by atoms with Gasteiger partial charge in [0.15, 0.2) is 0 Å². The van der Waals surface area contributed by atoms with Gasteiger partial charge in [0.25, 0.3) is 10.1 Å². The van der Waals surface area contributed by atoms with E-state index < -0.39 is 20.2 Å². The molecule has 46 heavy (non-hydrogen) atoms. The fourth-order valence-electron chi connectivity index (χ4n) is 4.82. The molecular weight excluding hydrogens is 629 g/mol. The van der Waals surface area contributed by atoms with Gasteiger partial charge >= 0.3 is 0 Å². The Balaban J connectivity index is 0.00000217. The zero-order valence-corrected chi connectivity index (χ0v) is 25.3. The molecule has 6 aromatic carbocycles. The average molecular weight is 660 g/mol. The molecule has 0 saturated carbocycles. The summed E-state index contributed by atoms with van der Waals surface area (Å²) in [5, 5.41) is 19.2. The highest BCUT2D eigenvalue weighted by molar-refractivity contribution is 7.86. The Bertz CT molecular complexity index is 2280. The third-order valence-corrected chi connectivity index (χ3v) is 8.88. The van der Waals surface area contributed by atoms with Crippen LogP contribution in [0.25, 0.3) is 32.7 Å². The summed E-state index contributed by atoms with van der Waals surface area (Å²) in [6, 6.07) is 29.3. The SMILES string of the molecule is Nc1ccc(N=Nc2ccc(-c3ccc(N=Nc4ccc(N)c5cc(S(=O)(=O)O)ccc45)cc3)cc2)c2ccc(S(=O)(=O)[O-])cc12.[HH].[HH].[HH].[HH]. The lowest BCUT2D eigenvalue weighted by Gasteiger charge is -2.10. The van der Waals surface area contributed by atoms with Crippen LogP contribution in [0.5, 0.6) is 0 Å². The van der Waals surface area contributed by atoms with Crippen LogP contribution >= 0.6 is 0 Å². The number of nitrogens with two attached hydrogens (primary N) is 2. The number of hydrogen-bond acceptors (Lipinski definition) is 11. The van der Waals surface area contributed by atoms with Crippen LogP contribution in [0, 0.1) is 0 Å². The Morgan fingerprint density at radius 1 is 0.522 bits per heavy atom. The van der Waals surface area contributed by atoms with Gasteiger partial charge in [-0.2, -0.15) is 18.6 Å². The van der Waals surface area contributed by atoms with Gasteiger partial charge in [0, 0.05) is 38.6 Å². The van der Waals surface area contributed by atoms with Crippen LogP contribution in [-0.4, -0.2) is 25.9 Å². The van der Waals surface area contributed by atoms with Crippen LogP contribution in [0.4, 0.5) is 34.1 Å². The quantitative estimate of drug-likeness (QED) is 0.0853. The van der Waals surface area contributed by atoms with Gasteiger partial charge in [-0.15, -0.1) is 10.2 Å². The van der Waals surface area contributed by atoms with Crippen molar-refractivity contribution in [3.05, 3.63) is 109 Å². The standard InChI is InChI=1S/C32H24N6O6S2.4H2/c33-29-13-15-31(25-11-9-23(17-27(25)29)45(39,40)41)37-35-21-5-1-19(2-6-21)20-3-7-22(8-4-20)36-38-32-16-14-30(34)28-18-24(46(42,43)44)10-12-26(28)32;;;;/h1-18H,33-34H2,(H,39,40,41)(H,42,43,44);4*1H/p-1. The van der Waals surface area contributed by atoms with Crippen LogP contribution in [0.2, 0.25) is 0 Å². The first-order valence-electron chi connectivity index (χ1n) is 13.5. The summed E-state index contributed by atoms with van der Waals surface area (Å²) in [6.07, 6.45) is 0. The van der Waals surface area contributed by atoms with Crippen molar-refractivity contribution in [2.24, 2.45) is 20.5 Å². The molecule has 0 fully saturated rings. The Hall–Kier alpha value is -5.54. The molecule has 5 N–H and O–H groups in total. The Morgan fingerprint density at radius 3 is 1.35 bits per heavy atom. The van der Waals surface area contributed by atoms with Crippen molar-refractivity contribution in [3.63, 3.8) is 0 Å². The summed E-state index contributed by atoms with van der Waals surface area (Å²) in [6.45, 7) is 0. The molecule has 0 spiro atoms. The van der Waals surface area contributed by atoms with E-state index in [1.165, 1.54) is 36.4 Å². The average Bonchev–Trinajstić information content (AvgIpc) is 3.04. The highest BCUT2D eigenvalue weighted by Crippen LogP contribution is 2.35. The van der Waals surface area contributed by atoms with Crippen LogP contribution in [-0.2, 0) is 20.2 Å². The molecule has 0 atom stereocenters. The predicted molar refractivity (Wildman–Crippen MR) is 183 cm³/mol. The van der Waals surface area contributed by atoms with Gasteiger partial charge in [-0.1, -0.05) is 36.4 Å². The van der Waals surface area contributed by atoms with Gasteiger partial charge in [-0.3, -0.25) is 4.55 Å². The minimum absolute atomic E-state index is 0. The molecule has 0 unspecified atom stereocenters. The minimum Gasteiger partial charge on any atom is -0.744 e. The van der Waals surface area contributed by atoms with E-state index in [0.717, 1.165) is 11.1 Å². The highest BCUT2D eigenvalue weighted by Gasteiger charge is 2.13. The van der Waals surface area contributed by atoms with E-state index in [1.807, 2.05) is 24.3 Å².